The Morgan fingerprint density at radius 3 is 2.44 bits per heavy atom. The summed E-state index contributed by atoms with van der Waals surface area (Å²) in [6.07, 6.45) is 0. The van der Waals surface area contributed by atoms with Crippen molar-refractivity contribution < 1.29 is 14.3 Å². The predicted octanol–water partition coefficient (Wildman–Crippen LogP) is 4.50. The lowest BCUT2D eigenvalue weighted by Crippen LogP contribution is -2.14. The molecular weight excluding hydrogens is 334 g/mol. The number of nitrogens with zero attached hydrogens (tertiary/aromatic N) is 1. The van der Waals surface area contributed by atoms with Crippen LogP contribution in [0.25, 0.3) is 5.69 Å². The number of aryl methyl sites for hydroxylation is 2. The fraction of sp³-hybridized carbons (Fsp3) is 0.200. The van der Waals surface area contributed by atoms with Gasteiger partial charge in [-0.25, -0.2) is 4.79 Å². The van der Waals surface area contributed by atoms with E-state index in [0.717, 1.165) is 22.6 Å². The number of carbonyl (C=O) groups is 2. The fourth-order valence-corrected chi connectivity index (χ4v) is 3.69. The van der Waals surface area contributed by atoms with Gasteiger partial charge in [-0.15, -0.1) is 11.3 Å². The van der Waals surface area contributed by atoms with Gasteiger partial charge in [0.05, 0.1) is 0 Å². The van der Waals surface area contributed by atoms with Crippen molar-refractivity contribution in [1.82, 2.24) is 4.57 Å². The molecule has 3 aromatic rings. The average Bonchev–Trinajstić information content (AvgIpc) is 3.16. The van der Waals surface area contributed by atoms with Gasteiger partial charge in [-0.3, -0.25) is 4.79 Å². The van der Waals surface area contributed by atoms with Crippen molar-refractivity contribution in [1.29, 1.82) is 0 Å². The number of carbonyl (C=O) groups excluding carboxylic acids is 2. The van der Waals surface area contributed by atoms with E-state index in [9.17, 15) is 9.59 Å². The van der Waals surface area contributed by atoms with Gasteiger partial charge in [0.15, 0.2) is 6.61 Å². The molecule has 0 N–H and O–H groups in total. The van der Waals surface area contributed by atoms with Crippen molar-refractivity contribution in [3.63, 3.8) is 0 Å². The third kappa shape index (κ3) is 3.42. The highest BCUT2D eigenvalue weighted by Gasteiger charge is 2.19. The molecule has 0 amide bonds. The molecule has 2 aromatic heterocycles. The molecule has 4 nitrogen and oxygen atoms in total. The van der Waals surface area contributed by atoms with Crippen LogP contribution in [0.4, 0.5) is 0 Å². The molecule has 5 heteroatoms. The Kier molecular flexibility index (Phi) is 4.86. The molecule has 0 unspecified atom stereocenters. The summed E-state index contributed by atoms with van der Waals surface area (Å²) in [5.74, 6) is -0.643. The van der Waals surface area contributed by atoms with Gasteiger partial charge >= 0.3 is 5.97 Å². The van der Waals surface area contributed by atoms with Crippen LogP contribution in [-0.2, 0) is 4.74 Å². The van der Waals surface area contributed by atoms with Crippen molar-refractivity contribution in [3.8, 4) is 5.69 Å². The van der Waals surface area contributed by atoms with E-state index in [0.29, 0.717) is 10.4 Å². The minimum atomic E-state index is -0.447. The maximum absolute atomic E-state index is 12.5. The first-order valence-electron chi connectivity index (χ1n) is 7.98. The number of ether oxygens (including phenoxy) is 1. The number of rotatable bonds is 5. The molecule has 0 saturated carbocycles. The molecule has 0 aliphatic heterocycles. The van der Waals surface area contributed by atoms with E-state index >= 15 is 0 Å². The molecule has 0 fully saturated rings. The zero-order valence-electron chi connectivity index (χ0n) is 14.4. The van der Waals surface area contributed by atoms with Crippen LogP contribution in [0.15, 0.2) is 47.8 Å². The number of Topliss-reactive ketones (excluding diaryl/α,β-unsaturated/α-hetero) is 1. The van der Waals surface area contributed by atoms with Crippen LogP contribution in [0.1, 0.15) is 37.0 Å². The van der Waals surface area contributed by atoms with E-state index < -0.39 is 5.97 Å². The van der Waals surface area contributed by atoms with Crippen LogP contribution in [0.2, 0.25) is 0 Å². The topological polar surface area (TPSA) is 48.3 Å². The monoisotopic (exact) mass is 353 g/mol. The summed E-state index contributed by atoms with van der Waals surface area (Å²) in [5.41, 5.74) is 4.26. The summed E-state index contributed by atoms with van der Waals surface area (Å²) in [4.78, 5) is 25.1. The SMILES string of the molecule is Cc1ccsc1C(=O)OCC(=O)c1cc(C)n(-c2ccccc2)c1C. The first-order chi connectivity index (χ1) is 12.0. The maximum Gasteiger partial charge on any atom is 0.349 e. The normalized spacial score (nSPS) is 10.7. The second-order valence-corrected chi connectivity index (χ2v) is 6.80. The van der Waals surface area contributed by atoms with E-state index in [1.807, 2.05) is 73.2 Å². The third-order valence-electron chi connectivity index (χ3n) is 4.13. The molecule has 0 aliphatic carbocycles. The maximum atomic E-state index is 12.5. The van der Waals surface area contributed by atoms with Crippen molar-refractivity contribution in [2.75, 3.05) is 6.61 Å². The van der Waals surface area contributed by atoms with Crippen LogP contribution in [0.5, 0.6) is 0 Å². The number of hydrogen-bond acceptors (Lipinski definition) is 4. The summed E-state index contributed by atoms with van der Waals surface area (Å²) in [6, 6.07) is 13.6. The van der Waals surface area contributed by atoms with E-state index in [1.54, 1.807) is 0 Å². The zero-order valence-corrected chi connectivity index (χ0v) is 15.2. The highest BCUT2D eigenvalue weighted by molar-refractivity contribution is 7.12. The van der Waals surface area contributed by atoms with Crippen LogP contribution in [0.3, 0.4) is 0 Å². The Labute approximate surface area is 150 Å². The van der Waals surface area contributed by atoms with E-state index in [2.05, 4.69) is 0 Å². The average molecular weight is 353 g/mol. The summed E-state index contributed by atoms with van der Waals surface area (Å²) in [7, 11) is 0. The Morgan fingerprint density at radius 2 is 1.80 bits per heavy atom. The quantitative estimate of drug-likeness (QED) is 0.501. The first kappa shape index (κ1) is 17.2. The Hall–Kier alpha value is -2.66. The minimum Gasteiger partial charge on any atom is -0.453 e. The Bertz CT molecular complexity index is 922. The van der Waals surface area contributed by atoms with Crippen molar-refractivity contribution in [2.45, 2.75) is 20.8 Å². The number of thiophene rings is 1. The number of esters is 1. The summed E-state index contributed by atoms with van der Waals surface area (Å²) in [5, 5.41) is 1.83. The van der Waals surface area contributed by atoms with Gasteiger partial charge in [-0.2, -0.15) is 0 Å². The Balaban J connectivity index is 1.77. The largest absolute Gasteiger partial charge is 0.453 e. The number of aromatic nitrogens is 1. The van der Waals surface area contributed by atoms with Gasteiger partial charge in [0, 0.05) is 22.6 Å². The lowest BCUT2D eigenvalue weighted by Gasteiger charge is -2.09. The van der Waals surface area contributed by atoms with Crippen LogP contribution in [-0.4, -0.2) is 22.9 Å². The molecule has 0 radical (unpaired) electrons. The standard InChI is InChI=1S/C20H19NO3S/c1-13-9-10-25-19(13)20(23)24-12-18(22)17-11-14(2)21(15(17)3)16-7-5-4-6-8-16/h4-11H,12H2,1-3H3. The highest BCUT2D eigenvalue weighted by atomic mass is 32.1. The predicted molar refractivity (Wildman–Crippen MR) is 98.9 cm³/mol. The van der Waals surface area contributed by atoms with Crippen LogP contribution < -0.4 is 0 Å². The molecule has 0 bridgehead atoms. The second kappa shape index (κ2) is 7.07. The third-order valence-corrected chi connectivity index (χ3v) is 5.12. The number of para-hydroxylation sites is 1. The summed E-state index contributed by atoms with van der Waals surface area (Å²) in [6.45, 7) is 5.45. The summed E-state index contributed by atoms with van der Waals surface area (Å²) < 4.78 is 7.23. The van der Waals surface area contributed by atoms with Crippen LogP contribution in [0, 0.1) is 20.8 Å². The molecule has 3 rings (SSSR count). The molecule has 2 heterocycles. The smallest absolute Gasteiger partial charge is 0.349 e. The number of hydrogen-bond donors (Lipinski definition) is 0. The molecule has 0 saturated heterocycles. The van der Waals surface area contributed by atoms with Crippen LogP contribution >= 0.6 is 11.3 Å². The van der Waals surface area contributed by atoms with Crippen molar-refractivity contribution in [2.24, 2.45) is 0 Å². The Morgan fingerprint density at radius 1 is 1.08 bits per heavy atom. The molecule has 25 heavy (non-hydrogen) atoms. The lowest BCUT2D eigenvalue weighted by atomic mass is 10.1. The van der Waals surface area contributed by atoms with E-state index in [4.69, 9.17) is 4.74 Å². The lowest BCUT2D eigenvalue weighted by molar-refractivity contribution is 0.0478. The highest BCUT2D eigenvalue weighted by Crippen LogP contribution is 2.22. The van der Waals surface area contributed by atoms with Crippen molar-refractivity contribution >= 4 is 23.1 Å². The molecule has 0 aliphatic rings. The second-order valence-electron chi connectivity index (χ2n) is 5.89. The van der Waals surface area contributed by atoms with Gasteiger partial charge in [-0.05, 0) is 56.0 Å². The van der Waals surface area contributed by atoms with Gasteiger partial charge in [0.1, 0.15) is 4.88 Å². The molecular formula is C20H19NO3S. The van der Waals surface area contributed by atoms with Gasteiger partial charge < -0.3 is 9.30 Å². The number of benzene rings is 1. The van der Waals surface area contributed by atoms with E-state index in [-0.39, 0.29) is 12.4 Å². The zero-order chi connectivity index (χ0) is 18.0. The van der Waals surface area contributed by atoms with Gasteiger partial charge in [0.2, 0.25) is 5.78 Å². The number of ketones is 1. The molecule has 0 atom stereocenters. The minimum absolute atomic E-state index is 0.196. The molecule has 0 spiro atoms. The van der Waals surface area contributed by atoms with Gasteiger partial charge in [-0.1, -0.05) is 18.2 Å². The van der Waals surface area contributed by atoms with Crippen molar-refractivity contribution in [3.05, 3.63) is 75.2 Å². The fourth-order valence-electron chi connectivity index (χ4n) is 2.88. The molecule has 128 valence electrons. The molecule has 1 aromatic carbocycles. The van der Waals surface area contributed by atoms with Gasteiger partial charge in [0.25, 0.3) is 0 Å². The summed E-state index contributed by atoms with van der Waals surface area (Å²) >= 11 is 1.32. The van der Waals surface area contributed by atoms with E-state index in [1.165, 1.54) is 11.3 Å². The first-order valence-corrected chi connectivity index (χ1v) is 8.85.